The first-order valence-electron chi connectivity index (χ1n) is 12.5. The van der Waals surface area contributed by atoms with Gasteiger partial charge >= 0.3 is 0 Å². The zero-order chi connectivity index (χ0) is 28.2. The maximum Gasteiger partial charge on any atom is 0.273 e. The van der Waals surface area contributed by atoms with E-state index < -0.39 is 5.92 Å². The zero-order valence-corrected chi connectivity index (χ0v) is 21.6. The average molecular weight is 533 g/mol. The second kappa shape index (κ2) is 11.5. The maximum absolute atomic E-state index is 13.1. The molecule has 2 aliphatic heterocycles. The largest absolute Gasteiger partial charge is 0.507 e. The normalized spacial score (nSPS) is 19.2. The van der Waals surface area contributed by atoms with E-state index >= 15 is 0 Å². The molecule has 39 heavy (non-hydrogen) atoms. The van der Waals surface area contributed by atoms with Crippen molar-refractivity contribution < 1.29 is 13.9 Å². The number of hydrogen-bond acceptors (Lipinski definition) is 8. The number of nitrogens with one attached hydrogen (secondary N) is 2. The highest BCUT2D eigenvalue weighted by atomic mass is 19.3. The number of pyridine rings is 1. The summed E-state index contributed by atoms with van der Waals surface area (Å²) in [6, 6.07) is 12.1. The first-order chi connectivity index (χ1) is 18.6. The molecule has 5 N–H and O–H groups in total. The number of amidine groups is 1. The third kappa shape index (κ3) is 6.51. The minimum Gasteiger partial charge on any atom is -0.507 e. The molecule has 2 fully saturated rings. The lowest BCUT2D eigenvalue weighted by Crippen LogP contribution is -2.55. The number of aromatic nitrogens is 1. The van der Waals surface area contributed by atoms with Gasteiger partial charge < -0.3 is 26.0 Å². The number of aromatic hydroxyl groups is 1. The van der Waals surface area contributed by atoms with Gasteiger partial charge in [-0.1, -0.05) is 18.1 Å². The molecule has 2 aliphatic rings. The Labute approximate surface area is 226 Å². The monoisotopic (exact) mass is 532 g/mol. The number of allylic oxidation sites excluding steroid dienone is 1. The zero-order valence-electron chi connectivity index (χ0n) is 21.6. The number of likely N-dealkylation sites (tertiary alicyclic amines) is 1. The molecule has 0 saturated carbocycles. The Kier molecular flexibility index (Phi) is 8.12. The number of nitrogens with two attached hydrogens (primary N) is 1. The van der Waals surface area contributed by atoms with Gasteiger partial charge in [-0.25, -0.2) is 13.8 Å². The van der Waals surface area contributed by atoms with E-state index in [4.69, 9.17) is 16.6 Å². The lowest BCUT2D eigenvalue weighted by molar-refractivity contribution is -0.125. The third-order valence-electron chi connectivity index (χ3n) is 6.77. The van der Waals surface area contributed by atoms with Crippen molar-refractivity contribution in [2.24, 2.45) is 5.73 Å². The number of nitriles is 1. The Morgan fingerprint density at radius 3 is 2.62 bits per heavy atom. The molecule has 0 bridgehead atoms. The van der Waals surface area contributed by atoms with Gasteiger partial charge in [0.1, 0.15) is 29.2 Å². The van der Waals surface area contributed by atoms with Crippen LogP contribution in [0.2, 0.25) is 0 Å². The summed E-state index contributed by atoms with van der Waals surface area (Å²) in [5.74, 6) is 3.52. The van der Waals surface area contributed by atoms with Crippen LogP contribution >= 0.6 is 0 Å². The number of para-hydroxylation sites is 1. The van der Waals surface area contributed by atoms with Crippen LogP contribution in [-0.2, 0) is 0 Å². The van der Waals surface area contributed by atoms with Crippen molar-refractivity contribution in [3.8, 4) is 23.7 Å². The Bertz CT molecular complexity index is 1400. The van der Waals surface area contributed by atoms with Crippen molar-refractivity contribution in [2.75, 3.05) is 44.2 Å². The minimum atomic E-state index is -2.66. The first-order valence-corrected chi connectivity index (χ1v) is 12.5. The van der Waals surface area contributed by atoms with Gasteiger partial charge in [0.15, 0.2) is 0 Å². The molecule has 202 valence electrons. The fraction of sp³-hybridized carbons (Fsp3) is 0.357. The second-order valence-corrected chi connectivity index (χ2v) is 9.67. The fourth-order valence-electron chi connectivity index (χ4n) is 4.64. The highest BCUT2D eigenvalue weighted by molar-refractivity contribution is 6.12. The summed E-state index contributed by atoms with van der Waals surface area (Å²) in [6.07, 6.45) is 2.21. The van der Waals surface area contributed by atoms with Gasteiger partial charge in [-0.15, -0.1) is 0 Å². The molecule has 0 unspecified atom stereocenters. The molecule has 4 rings (SSSR count). The first kappa shape index (κ1) is 27.6. The lowest BCUT2D eigenvalue weighted by Gasteiger charge is -2.37. The van der Waals surface area contributed by atoms with E-state index in [0.29, 0.717) is 54.4 Å². The van der Waals surface area contributed by atoms with Crippen LogP contribution in [0.4, 0.5) is 14.6 Å². The molecular formula is C28H30F2N8O. The van der Waals surface area contributed by atoms with E-state index in [0.717, 1.165) is 0 Å². The van der Waals surface area contributed by atoms with Crippen LogP contribution < -0.4 is 10.6 Å². The predicted molar refractivity (Wildman–Crippen MR) is 145 cm³/mol. The summed E-state index contributed by atoms with van der Waals surface area (Å²) >= 11 is 0. The van der Waals surface area contributed by atoms with Crippen LogP contribution in [0.1, 0.15) is 30.2 Å². The van der Waals surface area contributed by atoms with E-state index in [1.165, 1.54) is 17.0 Å². The summed E-state index contributed by atoms with van der Waals surface area (Å²) < 4.78 is 26.1. The van der Waals surface area contributed by atoms with Crippen LogP contribution in [0.25, 0.3) is 0 Å². The van der Waals surface area contributed by atoms with Crippen LogP contribution in [0, 0.1) is 34.0 Å². The van der Waals surface area contributed by atoms with E-state index in [1.807, 2.05) is 4.90 Å². The number of phenols is 1. The smallest absolute Gasteiger partial charge is 0.273 e. The highest BCUT2D eigenvalue weighted by Gasteiger charge is 2.43. The molecule has 0 spiro atoms. The number of alkyl halides is 2. The molecule has 2 saturated heterocycles. The van der Waals surface area contributed by atoms with Crippen molar-refractivity contribution in [3.63, 3.8) is 0 Å². The fourth-order valence-corrected chi connectivity index (χ4v) is 4.64. The van der Waals surface area contributed by atoms with E-state index in [9.17, 15) is 19.1 Å². The Balaban J connectivity index is 1.51. The summed E-state index contributed by atoms with van der Waals surface area (Å²) in [7, 11) is 0. The van der Waals surface area contributed by atoms with Crippen molar-refractivity contribution in [1.29, 1.82) is 16.1 Å². The molecule has 2 aromatic rings. The standard InChI is InChI=1S/C28H30F2N8O/c1-19-10-12-37(24(27(33)34)15-22(32)21-5-2-3-7-25(21)39)13-14-38(19)26-9-8-20(16-31)23(35-26)6-4-11-36-17-28(29,30)18-36/h2-3,5,7-9,15,19,32,39H,10-14,17-18H2,1H3,(H3,33,34)/b24-15+,32-22?/t19-/m1/s1. The Morgan fingerprint density at radius 2 is 1.95 bits per heavy atom. The maximum atomic E-state index is 13.1. The van der Waals surface area contributed by atoms with Crippen molar-refractivity contribution >= 4 is 17.4 Å². The molecule has 0 amide bonds. The number of anilines is 1. The molecular weight excluding hydrogens is 502 g/mol. The number of phenolic OH excluding ortho intramolecular Hbond substituents is 1. The number of hydrogen-bond donors (Lipinski definition) is 4. The summed E-state index contributed by atoms with van der Waals surface area (Å²) in [6.45, 7) is 3.22. The van der Waals surface area contributed by atoms with Crippen LogP contribution in [0.3, 0.4) is 0 Å². The molecule has 9 nitrogen and oxygen atoms in total. The van der Waals surface area contributed by atoms with E-state index in [-0.39, 0.29) is 43.0 Å². The Morgan fingerprint density at radius 1 is 1.21 bits per heavy atom. The van der Waals surface area contributed by atoms with Gasteiger partial charge in [0, 0.05) is 31.2 Å². The van der Waals surface area contributed by atoms with E-state index in [2.05, 4.69) is 34.7 Å². The molecule has 3 heterocycles. The number of rotatable bonds is 6. The van der Waals surface area contributed by atoms with Crippen molar-refractivity contribution in [2.45, 2.75) is 25.3 Å². The average Bonchev–Trinajstić information content (AvgIpc) is 3.07. The minimum absolute atomic E-state index is 0.0223. The molecule has 1 atom stereocenters. The van der Waals surface area contributed by atoms with Crippen LogP contribution in [0.5, 0.6) is 5.75 Å². The highest BCUT2D eigenvalue weighted by Crippen LogP contribution is 2.26. The molecule has 0 aliphatic carbocycles. The van der Waals surface area contributed by atoms with Crippen molar-refractivity contribution in [1.82, 2.24) is 14.8 Å². The predicted octanol–water partition coefficient (Wildman–Crippen LogP) is 2.75. The van der Waals surface area contributed by atoms with Gasteiger partial charge in [0.05, 0.1) is 36.6 Å². The molecule has 0 radical (unpaired) electrons. The number of nitrogens with zero attached hydrogens (tertiary/aromatic N) is 5. The van der Waals surface area contributed by atoms with Gasteiger partial charge in [-0.3, -0.25) is 10.3 Å². The molecule has 1 aromatic heterocycles. The lowest BCUT2D eigenvalue weighted by atomic mass is 10.1. The summed E-state index contributed by atoms with van der Waals surface area (Å²) in [5.41, 5.74) is 7.32. The van der Waals surface area contributed by atoms with Gasteiger partial charge in [-0.2, -0.15) is 5.26 Å². The molecule has 11 heteroatoms. The Hall–Kier alpha value is -4.48. The second-order valence-electron chi connectivity index (χ2n) is 9.67. The summed E-state index contributed by atoms with van der Waals surface area (Å²) in [5, 5.41) is 36.2. The topological polar surface area (TPSA) is 140 Å². The summed E-state index contributed by atoms with van der Waals surface area (Å²) in [4.78, 5) is 10.2. The molecule has 1 aromatic carbocycles. The van der Waals surface area contributed by atoms with Gasteiger partial charge in [0.25, 0.3) is 5.92 Å². The van der Waals surface area contributed by atoms with Gasteiger partial charge in [0.2, 0.25) is 0 Å². The van der Waals surface area contributed by atoms with Gasteiger partial charge in [-0.05, 0) is 49.6 Å². The third-order valence-corrected chi connectivity index (χ3v) is 6.77. The van der Waals surface area contributed by atoms with Crippen molar-refractivity contribution in [3.05, 3.63) is 65.0 Å². The number of halogens is 2. The van der Waals surface area contributed by atoms with E-state index in [1.54, 1.807) is 30.3 Å². The van der Waals surface area contributed by atoms with Crippen LogP contribution in [-0.4, -0.2) is 82.7 Å². The number of benzene rings is 1. The van der Waals surface area contributed by atoms with Crippen LogP contribution in [0.15, 0.2) is 48.2 Å². The SMILES string of the molecule is C[C@@H]1CCN(/C(=C/C(=N)c2ccccc2O)C(=N)N)CCN1c1ccc(C#N)c(C#CCN2CC(F)(F)C2)n1. The quantitative estimate of drug-likeness (QED) is 0.255.